The lowest BCUT2D eigenvalue weighted by Crippen LogP contribution is -2.48. The SMILES string of the molecule is CNCC1CCN(C(=O)C2CCCCC2C(=O)N2CCCC2)CC1. The van der Waals surface area contributed by atoms with Crippen LogP contribution in [0.25, 0.3) is 0 Å². The zero-order valence-corrected chi connectivity index (χ0v) is 15.1. The molecule has 2 unspecified atom stereocenters. The monoisotopic (exact) mass is 335 g/mol. The molecular formula is C19H33N3O2. The van der Waals surface area contributed by atoms with E-state index >= 15 is 0 Å². The Kier molecular flexibility index (Phi) is 6.14. The molecule has 0 radical (unpaired) electrons. The fourth-order valence-corrected chi connectivity index (χ4v) is 4.77. The fourth-order valence-electron chi connectivity index (χ4n) is 4.77. The molecule has 2 amide bonds. The van der Waals surface area contributed by atoms with Crippen molar-refractivity contribution in [2.75, 3.05) is 39.8 Å². The number of nitrogens with zero attached hydrogens (tertiary/aromatic N) is 2. The number of nitrogens with one attached hydrogen (secondary N) is 1. The number of amides is 2. The van der Waals surface area contributed by atoms with Crippen molar-refractivity contribution in [3.63, 3.8) is 0 Å². The van der Waals surface area contributed by atoms with E-state index in [0.717, 1.165) is 84.1 Å². The van der Waals surface area contributed by atoms with E-state index in [0.29, 0.717) is 5.92 Å². The molecule has 0 aromatic carbocycles. The molecule has 5 nitrogen and oxygen atoms in total. The van der Waals surface area contributed by atoms with E-state index in [2.05, 4.69) is 5.32 Å². The van der Waals surface area contributed by atoms with Crippen LogP contribution in [0, 0.1) is 17.8 Å². The van der Waals surface area contributed by atoms with Crippen LogP contribution >= 0.6 is 0 Å². The second kappa shape index (κ2) is 8.32. The first-order valence-electron chi connectivity index (χ1n) is 9.93. The van der Waals surface area contributed by atoms with Crippen molar-refractivity contribution in [2.24, 2.45) is 17.8 Å². The van der Waals surface area contributed by atoms with Crippen LogP contribution in [0.1, 0.15) is 51.4 Å². The van der Waals surface area contributed by atoms with E-state index in [1.807, 2.05) is 16.8 Å². The van der Waals surface area contributed by atoms with E-state index < -0.39 is 0 Å². The summed E-state index contributed by atoms with van der Waals surface area (Å²) in [5.41, 5.74) is 0. The molecule has 3 rings (SSSR count). The third-order valence-electron chi connectivity index (χ3n) is 6.24. The number of rotatable bonds is 4. The Morgan fingerprint density at radius 3 is 1.79 bits per heavy atom. The van der Waals surface area contributed by atoms with Crippen molar-refractivity contribution >= 4 is 11.8 Å². The first kappa shape index (κ1) is 17.7. The largest absolute Gasteiger partial charge is 0.342 e. The minimum absolute atomic E-state index is 0.0561. The zero-order chi connectivity index (χ0) is 16.9. The molecule has 5 heteroatoms. The number of carbonyl (C=O) groups excluding carboxylic acids is 2. The Balaban J connectivity index is 1.60. The molecule has 1 saturated carbocycles. The maximum atomic E-state index is 13.1. The van der Waals surface area contributed by atoms with Gasteiger partial charge < -0.3 is 15.1 Å². The molecule has 3 fully saturated rings. The smallest absolute Gasteiger partial charge is 0.226 e. The van der Waals surface area contributed by atoms with Crippen LogP contribution in [0.3, 0.4) is 0 Å². The van der Waals surface area contributed by atoms with Crippen LogP contribution in [-0.4, -0.2) is 61.4 Å². The Morgan fingerprint density at radius 2 is 1.29 bits per heavy atom. The van der Waals surface area contributed by atoms with E-state index in [1.165, 1.54) is 0 Å². The summed E-state index contributed by atoms with van der Waals surface area (Å²) in [6, 6.07) is 0. The summed E-state index contributed by atoms with van der Waals surface area (Å²) in [6.45, 7) is 4.57. The highest BCUT2D eigenvalue weighted by atomic mass is 16.2. The Bertz CT molecular complexity index is 440. The topological polar surface area (TPSA) is 52.7 Å². The van der Waals surface area contributed by atoms with Crippen LogP contribution in [0.2, 0.25) is 0 Å². The standard InChI is InChI=1S/C19H33N3O2/c1-20-14-15-8-12-22(13-9-15)19(24)17-7-3-2-6-16(17)18(23)21-10-4-5-11-21/h15-17,20H,2-14H2,1H3. The molecule has 2 atom stereocenters. The van der Waals surface area contributed by atoms with Crippen LogP contribution in [0.15, 0.2) is 0 Å². The molecule has 2 aliphatic heterocycles. The molecule has 24 heavy (non-hydrogen) atoms. The van der Waals surface area contributed by atoms with Gasteiger partial charge in [-0.2, -0.15) is 0 Å². The van der Waals surface area contributed by atoms with Crippen molar-refractivity contribution < 1.29 is 9.59 Å². The third kappa shape index (κ3) is 3.93. The Labute approximate surface area is 146 Å². The zero-order valence-electron chi connectivity index (χ0n) is 15.1. The lowest BCUT2D eigenvalue weighted by atomic mass is 9.77. The van der Waals surface area contributed by atoms with Gasteiger partial charge in [-0.05, 0) is 58.0 Å². The molecule has 0 aromatic heterocycles. The summed E-state index contributed by atoms with van der Waals surface area (Å²) in [4.78, 5) is 30.0. The normalized spacial score (nSPS) is 29.0. The molecule has 2 saturated heterocycles. The number of hydrogen-bond acceptors (Lipinski definition) is 3. The lowest BCUT2D eigenvalue weighted by Gasteiger charge is -2.38. The Hall–Kier alpha value is -1.10. The highest BCUT2D eigenvalue weighted by molar-refractivity contribution is 5.88. The highest BCUT2D eigenvalue weighted by Gasteiger charge is 2.40. The predicted octanol–water partition coefficient (Wildman–Crippen LogP) is 1.87. The van der Waals surface area contributed by atoms with Gasteiger partial charge >= 0.3 is 0 Å². The van der Waals surface area contributed by atoms with Gasteiger partial charge in [-0.3, -0.25) is 9.59 Å². The molecule has 1 N–H and O–H groups in total. The van der Waals surface area contributed by atoms with E-state index in [4.69, 9.17) is 0 Å². The summed E-state index contributed by atoms with van der Waals surface area (Å²) in [7, 11) is 1.99. The van der Waals surface area contributed by atoms with Gasteiger partial charge in [-0.25, -0.2) is 0 Å². The highest BCUT2D eigenvalue weighted by Crippen LogP contribution is 2.34. The van der Waals surface area contributed by atoms with Gasteiger partial charge in [-0.15, -0.1) is 0 Å². The summed E-state index contributed by atoms with van der Waals surface area (Å²) in [5, 5.41) is 3.24. The average molecular weight is 335 g/mol. The van der Waals surface area contributed by atoms with Gasteiger partial charge in [-0.1, -0.05) is 12.8 Å². The Morgan fingerprint density at radius 1 is 0.792 bits per heavy atom. The molecule has 0 bridgehead atoms. The molecule has 3 aliphatic rings. The van der Waals surface area contributed by atoms with E-state index in [1.54, 1.807) is 0 Å². The quantitative estimate of drug-likeness (QED) is 0.853. The minimum Gasteiger partial charge on any atom is -0.342 e. The maximum Gasteiger partial charge on any atom is 0.226 e. The van der Waals surface area contributed by atoms with Gasteiger partial charge in [0.05, 0.1) is 0 Å². The van der Waals surface area contributed by atoms with Crippen molar-refractivity contribution in [1.29, 1.82) is 0 Å². The van der Waals surface area contributed by atoms with Crippen molar-refractivity contribution in [3.8, 4) is 0 Å². The van der Waals surface area contributed by atoms with Gasteiger partial charge in [0, 0.05) is 38.0 Å². The number of hydrogen-bond donors (Lipinski definition) is 1. The van der Waals surface area contributed by atoms with Crippen molar-refractivity contribution in [1.82, 2.24) is 15.1 Å². The molecule has 136 valence electrons. The molecule has 2 heterocycles. The van der Waals surface area contributed by atoms with Crippen LogP contribution in [0.5, 0.6) is 0 Å². The second-order valence-electron chi connectivity index (χ2n) is 7.86. The van der Waals surface area contributed by atoms with Crippen LogP contribution in [0.4, 0.5) is 0 Å². The van der Waals surface area contributed by atoms with E-state index in [9.17, 15) is 9.59 Å². The first-order valence-corrected chi connectivity index (χ1v) is 9.93. The molecule has 0 spiro atoms. The molecule has 0 aromatic rings. The van der Waals surface area contributed by atoms with Crippen LogP contribution in [-0.2, 0) is 9.59 Å². The number of carbonyl (C=O) groups is 2. The van der Waals surface area contributed by atoms with Crippen molar-refractivity contribution in [3.05, 3.63) is 0 Å². The van der Waals surface area contributed by atoms with Gasteiger partial charge in [0.2, 0.25) is 11.8 Å². The number of piperidine rings is 1. The van der Waals surface area contributed by atoms with Crippen molar-refractivity contribution in [2.45, 2.75) is 51.4 Å². The average Bonchev–Trinajstić information content (AvgIpc) is 3.16. The summed E-state index contributed by atoms with van der Waals surface area (Å²) < 4.78 is 0. The van der Waals surface area contributed by atoms with E-state index in [-0.39, 0.29) is 23.7 Å². The lowest BCUT2D eigenvalue weighted by molar-refractivity contribution is -0.148. The van der Waals surface area contributed by atoms with Crippen LogP contribution < -0.4 is 5.32 Å². The third-order valence-corrected chi connectivity index (χ3v) is 6.24. The molecular weight excluding hydrogens is 302 g/mol. The molecule has 1 aliphatic carbocycles. The van der Waals surface area contributed by atoms with Gasteiger partial charge in [0.1, 0.15) is 0 Å². The maximum absolute atomic E-state index is 13.1. The van der Waals surface area contributed by atoms with Gasteiger partial charge in [0.25, 0.3) is 0 Å². The predicted molar refractivity (Wildman–Crippen MR) is 94.5 cm³/mol. The summed E-state index contributed by atoms with van der Waals surface area (Å²) >= 11 is 0. The van der Waals surface area contributed by atoms with Gasteiger partial charge in [0.15, 0.2) is 0 Å². The first-order chi connectivity index (χ1) is 11.7. The minimum atomic E-state index is -0.0623. The second-order valence-corrected chi connectivity index (χ2v) is 7.86. The fraction of sp³-hybridized carbons (Fsp3) is 0.895. The summed E-state index contributed by atoms with van der Waals surface area (Å²) in [5.74, 6) is 1.09. The number of likely N-dealkylation sites (tertiary alicyclic amines) is 2. The summed E-state index contributed by atoms with van der Waals surface area (Å²) in [6.07, 6.45) is 8.41.